The van der Waals surface area contributed by atoms with Crippen LogP contribution >= 0.6 is 12.4 Å². The predicted octanol–water partition coefficient (Wildman–Crippen LogP) is 0.949. The number of nitrogens with zero attached hydrogens (tertiary/aromatic N) is 2. The summed E-state index contributed by atoms with van der Waals surface area (Å²) in [5.74, 6) is 0.501. The number of aromatic amines is 1. The molecule has 0 radical (unpaired) electrons. The molecule has 1 fully saturated rings. The molecule has 1 saturated heterocycles. The summed E-state index contributed by atoms with van der Waals surface area (Å²) in [6.07, 6.45) is 2.60. The second-order valence-electron chi connectivity index (χ2n) is 4.55. The summed E-state index contributed by atoms with van der Waals surface area (Å²) >= 11 is 0. The number of nitrogens with two attached hydrogens (primary N) is 1. The Bertz CT molecular complexity index is 393. The number of carbonyl (C=O) groups excluding carboxylic acids is 1. The first-order valence-corrected chi connectivity index (χ1v) is 5.64. The second-order valence-corrected chi connectivity index (χ2v) is 4.55. The third kappa shape index (κ3) is 2.61. The van der Waals surface area contributed by atoms with Crippen LogP contribution in [0, 0.1) is 12.8 Å². The van der Waals surface area contributed by atoms with Gasteiger partial charge in [0.1, 0.15) is 0 Å². The van der Waals surface area contributed by atoms with Crippen LogP contribution in [0.15, 0.2) is 6.20 Å². The van der Waals surface area contributed by atoms with Gasteiger partial charge in [0.05, 0.1) is 11.8 Å². The summed E-state index contributed by atoms with van der Waals surface area (Å²) < 4.78 is 0. The molecule has 0 saturated carbocycles. The highest BCUT2D eigenvalue weighted by Gasteiger charge is 2.32. The van der Waals surface area contributed by atoms with Crippen molar-refractivity contribution >= 4 is 18.3 Å². The molecule has 1 aliphatic rings. The number of rotatable bonds is 2. The standard InChI is InChI=1S/C11H18N4O.ClH/c1-7-3-9(4-12)6-15(7)11(16)10-5-13-14-8(10)2;/h5,7,9H,3-4,6,12H2,1-2H3,(H,13,14);1H. The maximum atomic E-state index is 12.2. The van der Waals surface area contributed by atoms with Gasteiger partial charge in [0.15, 0.2) is 0 Å². The highest BCUT2D eigenvalue weighted by Crippen LogP contribution is 2.24. The van der Waals surface area contributed by atoms with Crippen LogP contribution in [-0.4, -0.2) is 40.1 Å². The lowest BCUT2D eigenvalue weighted by molar-refractivity contribution is 0.0743. The zero-order valence-corrected chi connectivity index (χ0v) is 11.0. The number of H-pyrrole nitrogens is 1. The number of likely N-dealkylation sites (tertiary alicyclic amines) is 1. The van der Waals surface area contributed by atoms with Gasteiger partial charge in [-0.3, -0.25) is 9.89 Å². The van der Waals surface area contributed by atoms with Gasteiger partial charge in [-0.05, 0) is 32.7 Å². The summed E-state index contributed by atoms with van der Waals surface area (Å²) in [6.45, 7) is 5.35. The van der Waals surface area contributed by atoms with Gasteiger partial charge in [-0.1, -0.05) is 0 Å². The predicted molar refractivity (Wildman–Crippen MR) is 68.2 cm³/mol. The third-order valence-corrected chi connectivity index (χ3v) is 3.32. The van der Waals surface area contributed by atoms with Crippen molar-refractivity contribution in [3.8, 4) is 0 Å². The highest BCUT2D eigenvalue weighted by atomic mass is 35.5. The van der Waals surface area contributed by atoms with Crippen molar-refractivity contribution in [3.05, 3.63) is 17.5 Å². The van der Waals surface area contributed by atoms with Gasteiger partial charge in [0.2, 0.25) is 0 Å². The number of aryl methyl sites for hydroxylation is 1. The fraction of sp³-hybridized carbons (Fsp3) is 0.636. The fourth-order valence-electron chi connectivity index (χ4n) is 2.32. The van der Waals surface area contributed by atoms with Crippen molar-refractivity contribution in [1.29, 1.82) is 0 Å². The molecular weight excluding hydrogens is 240 g/mol. The van der Waals surface area contributed by atoms with Crippen LogP contribution in [0.4, 0.5) is 0 Å². The number of hydrogen-bond acceptors (Lipinski definition) is 3. The van der Waals surface area contributed by atoms with Crippen molar-refractivity contribution in [2.24, 2.45) is 11.7 Å². The van der Waals surface area contributed by atoms with Gasteiger partial charge in [-0.15, -0.1) is 12.4 Å². The van der Waals surface area contributed by atoms with Crippen molar-refractivity contribution in [2.75, 3.05) is 13.1 Å². The molecule has 17 heavy (non-hydrogen) atoms. The number of amides is 1. The highest BCUT2D eigenvalue weighted by molar-refractivity contribution is 5.95. The maximum Gasteiger partial charge on any atom is 0.257 e. The van der Waals surface area contributed by atoms with E-state index in [-0.39, 0.29) is 24.4 Å². The molecule has 5 nitrogen and oxygen atoms in total. The van der Waals surface area contributed by atoms with E-state index in [0.29, 0.717) is 18.0 Å². The van der Waals surface area contributed by atoms with Gasteiger partial charge in [-0.2, -0.15) is 5.10 Å². The van der Waals surface area contributed by atoms with Crippen LogP contribution < -0.4 is 5.73 Å². The maximum absolute atomic E-state index is 12.2. The fourth-order valence-corrected chi connectivity index (χ4v) is 2.32. The zero-order chi connectivity index (χ0) is 11.7. The number of halogens is 1. The van der Waals surface area contributed by atoms with Crippen molar-refractivity contribution < 1.29 is 4.79 Å². The van der Waals surface area contributed by atoms with Gasteiger partial charge in [-0.25, -0.2) is 0 Å². The van der Waals surface area contributed by atoms with E-state index in [1.54, 1.807) is 6.20 Å². The summed E-state index contributed by atoms with van der Waals surface area (Å²) in [4.78, 5) is 14.1. The van der Waals surface area contributed by atoms with E-state index in [0.717, 1.165) is 18.7 Å². The topological polar surface area (TPSA) is 75.0 Å². The van der Waals surface area contributed by atoms with Crippen LogP contribution in [0.2, 0.25) is 0 Å². The lowest BCUT2D eigenvalue weighted by Gasteiger charge is -2.21. The van der Waals surface area contributed by atoms with Crippen molar-refractivity contribution in [3.63, 3.8) is 0 Å². The Labute approximate surface area is 107 Å². The summed E-state index contributed by atoms with van der Waals surface area (Å²) in [5.41, 5.74) is 7.15. The summed E-state index contributed by atoms with van der Waals surface area (Å²) in [6, 6.07) is 0.273. The van der Waals surface area contributed by atoms with Gasteiger partial charge >= 0.3 is 0 Å². The van der Waals surface area contributed by atoms with E-state index in [2.05, 4.69) is 17.1 Å². The molecule has 1 aromatic heterocycles. The Morgan fingerprint density at radius 3 is 2.88 bits per heavy atom. The van der Waals surface area contributed by atoms with Crippen LogP contribution in [0.3, 0.4) is 0 Å². The molecular formula is C11H19ClN4O. The molecule has 0 aromatic carbocycles. The normalized spacial score (nSPS) is 23.6. The van der Waals surface area contributed by atoms with E-state index in [4.69, 9.17) is 5.73 Å². The molecule has 2 heterocycles. The molecule has 2 rings (SSSR count). The van der Waals surface area contributed by atoms with E-state index < -0.39 is 0 Å². The van der Waals surface area contributed by atoms with E-state index in [1.165, 1.54) is 0 Å². The van der Waals surface area contributed by atoms with Crippen molar-refractivity contribution in [2.45, 2.75) is 26.3 Å². The zero-order valence-electron chi connectivity index (χ0n) is 10.1. The average molecular weight is 259 g/mol. The number of nitrogens with one attached hydrogen (secondary N) is 1. The third-order valence-electron chi connectivity index (χ3n) is 3.32. The monoisotopic (exact) mass is 258 g/mol. The Morgan fingerprint density at radius 2 is 2.41 bits per heavy atom. The first-order valence-electron chi connectivity index (χ1n) is 5.64. The molecule has 0 aliphatic carbocycles. The number of hydrogen-bond donors (Lipinski definition) is 2. The molecule has 0 bridgehead atoms. The van der Waals surface area contributed by atoms with Gasteiger partial charge < -0.3 is 10.6 Å². The smallest absolute Gasteiger partial charge is 0.257 e. The Balaban J connectivity index is 0.00000144. The summed E-state index contributed by atoms with van der Waals surface area (Å²) in [5, 5.41) is 6.67. The molecule has 1 aromatic rings. The first kappa shape index (κ1) is 14.0. The molecule has 96 valence electrons. The quantitative estimate of drug-likeness (QED) is 0.829. The minimum absolute atomic E-state index is 0. The Kier molecular flexibility index (Phi) is 4.54. The lowest BCUT2D eigenvalue weighted by atomic mass is 10.1. The van der Waals surface area contributed by atoms with E-state index in [9.17, 15) is 4.79 Å². The van der Waals surface area contributed by atoms with Gasteiger partial charge in [0, 0.05) is 18.3 Å². The molecule has 6 heteroatoms. The molecule has 3 N–H and O–H groups in total. The minimum Gasteiger partial charge on any atom is -0.335 e. The van der Waals surface area contributed by atoms with Crippen LogP contribution in [0.1, 0.15) is 29.4 Å². The number of aromatic nitrogens is 2. The SMILES string of the molecule is Cc1[nH]ncc1C(=O)N1CC(CN)CC1C.Cl. The average Bonchev–Trinajstić information content (AvgIpc) is 2.83. The summed E-state index contributed by atoms with van der Waals surface area (Å²) in [7, 11) is 0. The van der Waals surface area contributed by atoms with Gasteiger partial charge in [0.25, 0.3) is 5.91 Å². The number of carbonyl (C=O) groups is 1. The Morgan fingerprint density at radius 1 is 1.71 bits per heavy atom. The molecule has 1 aliphatic heterocycles. The van der Waals surface area contributed by atoms with Crippen LogP contribution in [-0.2, 0) is 0 Å². The van der Waals surface area contributed by atoms with E-state index >= 15 is 0 Å². The molecule has 2 atom stereocenters. The second kappa shape index (κ2) is 5.51. The minimum atomic E-state index is 0. The lowest BCUT2D eigenvalue weighted by Crippen LogP contribution is -2.34. The molecule has 0 spiro atoms. The van der Waals surface area contributed by atoms with Crippen LogP contribution in [0.25, 0.3) is 0 Å². The first-order chi connectivity index (χ1) is 7.63. The van der Waals surface area contributed by atoms with Crippen LogP contribution in [0.5, 0.6) is 0 Å². The van der Waals surface area contributed by atoms with Crippen molar-refractivity contribution in [1.82, 2.24) is 15.1 Å². The van der Waals surface area contributed by atoms with E-state index in [1.807, 2.05) is 11.8 Å². The molecule has 1 amide bonds. The Hall–Kier alpha value is -1.07. The molecule has 2 unspecified atom stereocenters. The largest absolute Gasteiger partial charge is 0.335 e.